The van der Waals surface area contributed by atoms with Crippen molar-refractivity contribution in [3.8, 4) is 0 Å². The molecule has 12 heteroatoms. The summed E-state index contributed by atoms with van der Waals surface area (Å²) < 4.78 is 39.4. The van der Waals surface area contributed by atoms with Gasteiger partial charge in [0.1, 0.15) is 12.7 Å². The number of aliphatic hydroxyl groups is 1. The number of esters is 3. The summed E-state index contributed by atoms with van der Waals surface area (Å²) in [5, 5.41) is 9.79. The zero-order valence-corrected chi connectivity index (χ0v) is 45.6. The highest BCUT2D eigenvalue weighted by atomic mass is 31.2. The number of carbonyl (C=O) groups excluding carboxylic acids is 3. The fourth-order valence-corrected chi connectivity index (χ4v) is 8.42. The quantitative estimate of drug-likeness (QED) is 0.0197. The molecule has 0 saturated carbocycles. The molecular weight excluding hydrogens is 904 g/mol. The van der Waals surface area contributed by atoms with Crippen LogP contribution in [0, 0.1) is 0 Å². The smallest absolute Gasteiger partial charge is 0.462 e. The standard InChI is InChI=1S/C58H103O11P/c1-4-7-10-13-16-19-22-25-27-30-32-35-38-41-44-47-56(60)65-51-55(69-58(62)49-46-43-40-37-34-31-28-26-23-20-17-14-11-8-5-2)53-67-70(63,64)66-52-54(50-59)68-57(61)48-45-42-39-36-33-29-24-21-18-15-12-9-6-3/h9,12,16,18-19,21,25,27,29,33,54-55,59H,4-8,10-11,13-15,17,20,22-24,26,28,30-32,34-53H2,1-3H3,(H,63,64)/b12-9-,19-16-,21-18-,27-25-,33-29-. The van der Waals surface area contributed by atoms with Crippen LogP contribution in [0.5, 0.6) is 0 Å². The molecule has 0 spiro atoms. The van der Waals surface area contributed by atoms with Crippen molar-refractivity contribution in [1.29, 1.82) is 0 Å². The third-order valence-corrected chi connectivity index (χ3v) is 12.9. The minimum atomic E-state index is -4.75. The van der Waals surface area contributed by atoms with Gasteiger partial charge in [0.2, 0.25) is 0 Å². The molecular formula is C58H103O11P. The number of carbonyl (C=O) groups is 3. The summed E-state index contributed by atoms with van der Waals surface area (Å²) in [7, 11) is -4.75. The van der Waals surface area contributed by atoms with Crippen molar-refractivity contribution in [3.63, 3.8) is 0 Å². The molecule has 70 heavy (non-hydrogen) atoms. The van der Waals surface area contributed by atoms with E-state index in [1.807, 2.05) is 0 Å². The first kappa shape index (κ1) is 67.2. The zero-order valence-electron chi connectivity index (χ0n) is 44.7. The molecule has 3 unspecified atom stereocenters. The second kappa shape index (κ2) is 52.5. The summed E-state index contributed by atoms with van der Waals surface area (Å²) in [4.78, 5) is 48.4. The van der Waals surface area contributed by atoms with Gasteiger partial charge in [-0.1, -0.05) is 210 Å². The van der Waals surface area contributed by atoms with Crippen molar-refractivity contribution < 1.29 is 52.2 Å². The highest BCUT2D eigenvalue weighted by molar-refractivity contribution is 7.47. The largest absolute Gasteiger partial charge is 0.472 e. The van der Waals surface area contributed by atoms with E-state index in [4.69, 9.17) is 23.3 Å². The molecule has 0 aromatic heterocycles. The molecule has 0 amide bonds. The Labute approximate surface area is 427 Å². The number of unbranched alkanes of at least 4 members (excludes halogenated alkanes) is 25. The molecule has 2 N–H and O–H groups in total. The SMILES string of the molecule is CC/C=C\C/C=C\C/C=C\CCCCCC(=O)OC(CO)COP(=O)(O)OCC(COC(=O)CCCCCCC/C=C\C/C=C\CCCCC)OC(=O)CCCCCCCCCCCCCCCCC. The number of phosphoric ester groups is 1. The molecule has 0 fully saturated rings. The Morgan fingerprint density at radius 3 is 1.19 bits per heavy atom. The molecule has 3 atom stereocenters. The van der Waals surface area contributed by atoms with Crippen LogP contribution < -0.4 is 0 Å². The Morgan fingerprint density at radius 1 is 0.414 bits per heavy atom. The first-order chi connectivity index (χ1) is 34.2. The van der Waals surface area contributed by atoms with Crippen LogP contribution >= 0.6 is 7.82 Å². The van der Waals surface area contributed by atoms with E-state index in [-0.39, 0.29) is 25.9 Å². The van der Waals surface area contributed by atoms with Crippen molar-refractivity contribution >= 4 is 25.7 Å². The number of phosphoric acid groups is 1. The second-order valence-corrected chi connectivity index (χ2v) is 20.2. The van der Waals surface area contributed by atoms with E-state index in [2.05, 4.69) is 81.5 Å². The van der Waals surface area contributed by atoms with E-state index in [0.29, 0.717) is 19.3 Å². The molecule has 0 saturated heterocycles. The van der Waals surface area contributed by atoms with Gasteiger partial charge in [0.25, 0.3) is 0 Å². The van der Waals surface area contributed by atoms with Crippen LogP contribution in [0.2, 0.25) is 0 Å². The summed E-state index contributed by atoms with van der Waals surface area (Å²) in [6.45, 7) is 4.47. The van der Waals surface area contributed by atoms with Gasteiger partial charge in [0, 0.05) is 19.3 Å². The maximum absolute atomic E-state index is 12.9. The van der Waals surface area contributed by atoms with Gasteiger partial charge in [-0.2, -0.15) is 0 Å². The van der Waals surface area contributed by atoms with Gasteiger partial charge in [-0.05, 0) is 83.5 Å². The number of rotatable bonds is 52. The lowest BCUT2D eigenvalue weighted by Crippen LogP contribution is -2.30. The maximum atomic E-state index is 12.9. The van der Waals surface area contributed by atoms with Crippen molar-refractivity contribution in [1.82, 2.24) is 0 Å². The molecule has 0 aromatic carbocycles. The molecule has 0 heterocycles. The van der Waals surface area contributed by atoms with Gasteiger partial charge in [-0.15, -0.1) is 0 Å². The van der Waals surface area contributed by atoms with E-state index >= 15 is 0 Å². The monoisotopic (exact) mass is 1010 g/mol. The van der Waals surface area contributed by atoms with Gasteiger partial charge in [0.15, 0.2) is 6.10 Å². The van der Waals surface area contributed by atoms with Crippen molar-refractivity contribution in [2.24, 2.45) is 0 Å². The molecule has 0 aliphatic heterocycles. The topological polar surface area (TPSA) is 155 Å². The second-order valence-electron chi connectivity index (χ2n) is 18.7. The third kappa shape index (κ3) is 50.1. The average molecular weight is 1010 g/mol. The summed E-state index contributed by atoms with van der Waals surface area (Å²) >= 11 is 0. The summed E-state index contributed by atoms with van der Waals surface area (Å²) in [5.74, 6) is -1.50. The fourth-order valence-electron chi connectivity index (χ4n) is 7.64. The normalized spacial score (nSPS) is 13.8. The zero-order chi connectivity index (χ0) is 51.3. The molecule has 406 valence electrons. The van der Waals surface area contributed by atoms with Gasteiger partial charge < -0.3 is 24.2 Å². The minimum absolute atomic E-state index is 0.141. The average Bonchev–Trinajstić information content (AvgIpc) is 3.35. The first-order valence-electron chi connectivity index (χ1n) is 28.2. The Kier molecular flexibility index (Phi) is 50.4. The third-order valence-electron chi connectivity index (χ3n) is 11.9. The van der Waals surface area contributed by atoms with Crippen LogP contribution in [0.25, 0.3) is 0 Å². The molecule has 0 aliphatic carbocycles. The van der Waals surface area contributed by atoms with Crippen molar-refractivity contribution in [2.45, 2.75) is 264 Å². The molecule has 11 nitrogen and oxygen atoms in total. The van der Waals surface area contributed by atoms with Crippen LogP contribution in [0.1, 0.15) is 252 Å². The number of hydrogen-bond acceptors (Lipinski definition) is 10. The van der Waals surface area contributed by atoms with Crippen LogP contribution in [-0.4, -0.2) is 66.5 Å². The van der Waals surface area contributed by atoms with Crippen LogP contribution in [0.4, 0.5) is 0 Å². The minimum Gasteiger partial charge on any atom is -0.462 e. The molecule has 0 aromatic rings. The lowest BCUT2D eigenvalue weighted by atomic mass is 10.0. The predicted octanol–water partition coefficient (Wildman–Crippen LogP) is 16.4. The molecule has 0 aliphatic rings. The summed E-state index contributed by atoms with van der Waals surface area (Å²) in [6.07, 6.45) is 56.1. The Hall–Kier alpha value is -2.82. The van der Waals surface area contributed by atoms with E-state index < -0.39 is 57.8 Å². The number of ether oxygens (including phenoxy) is 3. The lowest BCUT2D eigenvalue weighted by Gasteiger charge is -2.21. The van der Waals surface area contributed by atoms with Gasteiger partial charge in [0.05, 0.1) is 19.8 Å². The van der Waals surface area contributed by atoms with E-state index in [9.17, 15) is 28.9 Å². The van der Waals surface area contributed by atoms with Crippen LogP contribution in [0.3, 0.4) is 0 Å². The summed E-state index contributed by atoms with van der Waals surface area (Å²) in [5.41, 5.74) is 0. The van der Waals surface area contributed by atoms with Crippen molar-refractivity contribution in [3.05, 3.63) is 60.8 Å². The van der Waals surface area contributed by atoms with Gasteiger partial charge >= 0.3 is 25.7 Å². The number of allylic oxidation sites excluding steroid dienone is 10. The molecule has 0 bridgehead atoms. The van der Waals surface area contributed by atoms with Crippen molar-refractivity contribution in [2.75, 3.05) is 26.4 Å². The first-order valence-corrected chi connectivity index (χ1v) is 29.7. The molecule has 0 rings (SSSR count). The Bertz CT molecular complexity index is 1410. The Morgan fingerprint density at radius 2 is 0.743 bits per heavy atom. The Balaban J connectivity index is 4.76. The van der Waals surface area contributed by atoms with Gasteiger partial charge in [-0.3, -0.25) is 23.4 Å². The number of hydrogen-bond donors (Lipinski definition) is 2. The van der Waals surface area contributed by atoms with Crippen LogP contribution in [-0.2, 0) is 42.2 Å². The number of aliphatic hydroxyl groups excluding tert-OH is 1. The lowest BCUT2D eigenvalue weighted by molar-refractivity contribution is -0.161. The maximum Gasteiger partial charge on any atom is 0.472 e. The van der Waals surface area contributed by atoms with E-state index in [0.717, 1.165) is 103 Å². The van der Waals surface area contributed by atoms with E-state index in [1.165, 1.54) is 89.9 Å². The molecule has 0 radical (unpaired) electrons. The van der Waals surface area contributed by atoms with E-state index in [1.54, 1.807) is 0 Å². The highest BCUT2D eigenvalue weighted by Gasteiger charge is 2.28. The summed E-state index contributed by atoms with van der Waals surface area (Å²) in [6, 6.07) is 0. The van der Waals surface area contributed by atoms with Crippen LogP contribution in [0.15, 0.2) is 60.8 Å². The fraction of sp³-hybridized carbons (Fsp3) is 0.776. The highest BCUT2D eigenvalue weighted by Crippen LogP contribution is 2.43. The van der Waals surface area contributed by atoms with Gasteiger partial charge in [-0.25, -0.2) is 4.57 Å². The predicted molar refractivity (Wildman–Crippen MR) is 288 cm³/mol.